The summed E-state index contributed by atoms with van der Waals surface area (Å²) in [6.45, 7) is 2.99. The minimum Gasteiger partial charge on any atom is -0.369 e. The topological polar surface area (TPSA) is 88.8 Å². The number of nitrogens with zero attached hydrogens (tertiary/aromatic N) is 2. The zero-order valence-corrected chi connectivity index (χ0v) is 10.6. The monoisotopic (exact) mass is 245 g/mol. The molecule has 5 nitrogen and oxygen atoms in total. The Labute approximate surface area is 107 Å². The summed E-state index contributed by atoms with van der Waals surface area (Å²) >= 11 is 0. The number of hydrogen-bond acceptors (Lipinski definition) is 3. The van der Waals surface area contributed by atoms with Gasteiger partial charge < -0.3 is 11.5 Å². The summed E-state index contributed by atoms with van der Waals surface area (Å²) in [5, 5.41) is 3.76. The minimum atomic E-state index is 0.0223. The van der Waals surface area contributed by atoms with Gasteiger partial charge in [0.05, 0.1) is 6.54 Å². The molecule has 0 aromatic heterocycles. The highest BCUT2D eigenvalue weighted by Crippen LogP contribution is 2.31. The fraction of sp³-hybridized carbons (Fsp3) is 0.385. The number of nitrogens with two attached hydrogens (primary N) is 2. The third-order valence-electron chi connectivity index (χ3n) is 3.32. The molecule has 2 rings (SSSR count). The first-order valence-electron chi connectivity index (χ1n) is 6.04. The van der Waals surface area contributed by atoms with Gasteiger partial charge in [0.2, 0.25) is 5.96 Å². The van der Waals surface area contributed by atoms with Crippen molar-refractivity contribution in [1.29, 1.82) is 0 Å². The van der Waals surface area contributed by atoms with Crippen molar-refractivity contribution in [3.8, 4) is 0 Å². The summed E-state index contributed by atoms with van der Waals surface area (Å²) in [6, 6.07) is 10.5. The third-order valence-corrected chi connectivity index (χ3v) is 3.32. The van der Waals surface area contributed by atoms with Crippen LogP contribution in [0.15, 0.2) is 40.4 Å². The zero-order valence-electron chi connectivity index (χ0n) is 10.6. The number of guanidine groups is 1. The maximum absolute atomic E-state index is 5.26. The van der Waals surface area contributed by atoms with Crippen molar-refractivity contribution in [2.75, 3.05) is 6.54 Å². The summed E-state index contributed by atoms with van der Waals surface area (Å²) in [5.74, 6) is 0.867. The van der Waals surface area contributed by atoms with E-state index in [0.717, 1.165) is 25.2 Å². The predicted molar refractivity (Wildman–Crippen MR) is 74.3 cm³/mol. The Kier molecular flexibility index (Phi) is 3.50. The van der Waals surface area contributed by atoms with Gasteiger partial charge >= 0.3 is 0 Å². The first kappa shape index (κ1) is 12.4. The van der Waals surface area contributed by atoms with Crippen LogP contribution in [0.25, 0.3) is 0 Å². The minimum absolute atomic E-state index is 0.0223. The Morgan fingerprint density at radius 3 is 2.61 bits per heavy atom. The molecule has 0 amide bonds. The van der Waals surface area contributed by atoms with Crippen LogP contribution in [0.2, 0.25) is 0 Å². The molecule has 5 N–H and O–H groups in total. The van der Waals surface area contributed by atoms with Crippen LogP contribution in [0.5, 0.6) is 0 Å². The van der Waals surface area contributed by atoms with E-state index >= 15 is 0 Å². The molecule has 0 spiro atoms. The summed E-state index contributed by atoms with van der Waals surface area (Å²) in [7, 11) is 0. The molecule has 5 heteroatoms. The van der Waals surface area contributed by atoms with E-state index in [1.165, 1.54) is 5.56 Å². The van der Waals surface area contributed by atoms with E-state index in [1.807, 2.05) is 6.07 Å². The molecule has 1 unspecified atom stereocenters. The highest BCUT2D eigenvalue weighted by Gasteiger charge is 2.29. The molecule has 0 fully saturated rings. The normalized spacial score (nSPS) is 23.1. The fourth-order valence-electron chi connectivity index (χ4n) is 2.12. The number of nitrogens with one attached hydrogen (secondary N) is 1. The molecule has 1 aromatic carbocycles. The summed E-state index contributed by atoms with van der Waals surface area (Å²) in [5.41, 5.74) is 14.8. The molecule has 0 radical (unpaired) electrons. The van der Waals surface area contributed by atoms with Crippen LogP contribution in [-0.4, -0.2) is 18.3 Å². The van der Waals surface area contributed by atoms with E-state index in [4.69, 9.17) is 11.5 Å². The van der Waals surface area contributed by atoms with Crippen LogP contribution in [0, 0.1) is 0 Å². The van der Waals surface area contributed by atoms with Crippen molar-refractivity contribution in [1.82, 2.24) is 5.43 Å². The molecule has 0 bridgehead atoms. The van der Waals surface area contributed by atoms with Crippen LogP contribution in [0.4, 0.5) is 0 Å². The molecule has 1 aliphatic rings. The molecular weight excluding hydrogens is 226 g/mol. The number of hydrogen-bond donors (Lipinski definition) is 3. The van der Waals surface area contributed by atoms with Gasteiger partial charge in [0, 0.05) is 11.8 Å². The fourth-order valence-corrected chi connectivity index (χ4v) is 2.12. The molecule has 0 saturated carbocycles. The SMILES string of the molecule is CC1(c2ccccc2)CCC(NN=C(N)N)=NC1. The summed E-state index contributed by atoms with van der Waals surface area (Å²) in [4.78, 5) is 4.52. The maximum atomic E-state index is 5.26. The number of rotatable bonds is 2. The van der Waals surface area contributed by atoms with Gasteiger partial charge in [-0.2, -0.15) is 0 Å². The van der Waals surface area contributed by atoms with E-state index in [2.05, 4.69) is 46.7 Å². The zero-order chi connectivity index (χ0) is 13.0. The van der Waals surface area contributed by atoms with Crippen LogP contribution >= 0.6 is 0 Å². The van der Waals surface area contributed by atoms with Gasteiger partial charge in [-0.15, -0.1) is 5.10 Å². The Bertz CT molecular complexity index is 462. The van der Waals surface area contributed by atoms with E-state index in [9.17, 15) is 0 Å². The van der Waals surface area contributed by atoms with Gasteiger partial charge in [-0.1, -0.05) is 37.3 Å². The van der Waals surface area contributed by atoms with Crippen LogP contribution in [0.3, 0.4) is 0 Å². The van der Waals surface area contributed by atoms with Crippen molar-refractivity contribution in [2.24, 2.45) is 21.6 Å². The van der Waals surface area contributed by atoms with Crippen molar-refractivity contribution >= 4 is 11.8 Å². The van der Waals surface area contributed by atoms with E-state index in [0.29, 0.717) is 0 Å². The quantitative estimate of drug-likeness (QED) is 0.411. The lowest BCUT2D eigenvalue weighted by Crippen LogP contribution is -2.36. The summed E-state index contributed by atoms with van der Waals surface area (Å²) in [6.07, 6.45) is 1.88. The van der Waals surface area contributed by atoms with Crippen molar-refractivity contribution < 1.29 is 0 Å². The van der Waals surface area contributed by atoms with E-state index in [-0.39, 0.29) is 11.4 Å². The average Bonchev–Trinajstić information content (AvgIpc) is 2.39. The lowest BCUT2D eigenvalue weighted by atomic mass is 9.77. The first-order chi connectivity index (χ1) is 8.60. The van der Waals surface area contributed by atoms with E-state index < -0.39 is 0 Å². The first-order valence-corrected chi connectivity index (χ1v) is 6.04. The number of benzene rings is 1. The second-order valence-electron chi connectivity index (χ2n) is 4.84. The van der Waals surface area contributed by atoms with Gasteiger partial charge in [0.25, 0.3) is 0 Å². The molecule has 1 atom stereocenters. The molecule has 0 saturated heterocycles. The van der Waals surface area contributed by atoms with Crippen LogP contribution in [0.1, 0.15) is 25.3 Å². The van der Waals surface area contributed by atoms with Gasteiger partial charge in [-0.3, -0.25) is 10.4 Å². The molecule has 1 aromatic rings. The second-order valence-corrected chi connectivity index (χ2v) is 4.84. The predicted octanol–water partition coefficient (Wildman–Crippen LogP) is 0.915. The molecule has 1 heterocycles. The Morgan fingerprint density at radius 2 is 2.06 bits per heavy atom. The van der Waals surface area contributed by atoms with Gasteiger partial charge in [-0.25, -0.2) is 0 Å². The van der Waals surface area contributed by atoms with Crippen LogP contribution in [-0.2, 0) is 5.41 Å². The molecule has 18 heavy (non-hydrogen) atoms. The number of hydrazone groups is 1. The molecular formula is C13H19N5. The maximum Gasteiger partial charge on any atom is 0.208 e. The standard InChI is InChI=1S/C13H19N5/c1-13(10-5-3-2-4-6-10)8-7-11(16-9-13)17-18-12(14)15/h2-6H,7-9H2,1H3,(H,16,17)(H4,14,15,18). The van der Waals surface area contributed by atoms with Gasteiger partial charge in [0.15, 0.2) is 0 Å². The molecule has 1 aliphatic heterocycles. The molecule has 96 valence electrons. The van der Waals surface area contributed by atoms with Crippen molar-refractivity contribution in [3.05, 3.63) is 35.9 Å². The smallest absolute Gasteiger partial charge is 0.208 e. The average molecular weight is 245 g/mol. The highest BCUT2D eigenvalue weighted by atomic mass is 15.4. The number of amidine groups is 1. The van der Waals surface area contributed by atoms with E-state index in [1.54, 1.807) is 0 Å². The lowest BCUT2D eigenvalue weighted by Gasteiger charge is -2.32. The van der Waals surface area contributed by atoms with Gasteiger partial charge in [-0.05, 0) is 12.0 Å². The largest absolute Gasteiger partial charge is 0.369 e. The van der Waals surface area contributed by atoms with Crippen molar-refractivity contribution in [3.63, 3.8) is 0 Å². The Morgan fingerprint density at radius 1 is 1.33 bits per heavy atom. The second kappa shape index (κ2) is 5.08. The Balaban J connectivity index is 2.07. The molecule has 0 aliphatic carbocycles. The summed E-state index contributed by atoms with van der Waals surface area (Å²) < 4.78 is 0. The van der Waals surface area contributed by atoms with Gasteiger partial charge in [0.1, 0.15) is 5.84 Å². The number of aliphatic imine (C=N–C) groups is 1. The Hall–Kier alpha value is -2.04. The highest BCUT2D eigenvalue weighted by molar-refractivity contribution is 5.85. The van der Waals surface area contributed by atoms with Crippen molar-refractivity contribution in [2.45, 2.75) is 25.2 Å². The van der Waals surface area contributed by atoms with Crippen LogP contribution < -0.4 is 16.9 Å². The third kappa shape index (κ3) is 2.80. The lowest BCUT2D eigenvalue weighted by molar-refractivity contribution is 0.435.